The molecule has 2 aromatic carbocycles. The van der Waals surface area contributed by atoms with Crippen molar-refractivity contribution in [1.82, 2.24) is 9.88 Å². The second-order valence-corrected chi connectivity index (χ2v) is 11.9. The molecule has 2 fully saturated rings. The van der Waals surface area contributed by atoms with Crippen LogP contribution in [0.5, 0.6) is 28.9 Å². The minimum Gasteiger partial charge on any atom is -0.504 e. The number of amidine groups is 2. The van der Waals surface area contributed by atoms with Crippen LogP contribution >= 0.6 is 0 Å². The molecule has 0 radical (unpaired) electrons. The van der Waals surface area contributed by atoms with Crippen LogP contribution in [-0.4, -0.2) is 72.5 Å². The van der Waals surface area contributed by atoms with E-state index in [9.17, 15) is 9.90 Å². The molecule has 4 atom stereocenters. The predicted molar refractivity (Wildman–Crippen MR) is 167 cm³/mol. The summed E-state index contributed by atoms with van der Waals surface area (Å²) in [7, 11) is 3.83. The van der Waals surface area contributed by atoms with Crippen molar-refractivity contribution in [3.8, 4) is 28.9 Å². The first-order valence-electron chi connectivity index (χ1n) is 15.2. The minimum absolute atomic E-state index is 0.0478. The van der Waals surface area contributed by atoms with E-state index in [0.717, 1.165) is 31.1 Å². The molecular weight excluding hydrogens is 598 g/mol. The van der Waals surface area contributed by atoms with Gasteiger partial charge < -0.3 is 34.9 Å². The number of ether oxygens (including phenoxy) is 3. The maximum atomic E-state index is 15.8. The van der Waals surface area contributed by atoms with Gasteiger partial charge in [-0.2, -0.15) is 4.39 Å². The van der Waals surface area contributed by atoms with Crippen molar-refractivity contribution >= 4 is 23.3 Å². The average Bonchev–Trinajstić information content (AvgIpc) is 3.78. The van der Waals surface area contributed by atoms with Gasteiger partial charge in [0.1, 0.15) is 17.4 Å². The number of carbonyl (C=O) groups is 1. The van der Waals surface area contributed by atoms with E-state index in [2.05, 4.69) is 14.9 Å². The molecule has 0 saturated heterocycles. The molecule has 46 heavy (non-hydrogen) atoms. The fourth-order valence-electron chi connectivity index (χ4n) is 6.96. The number of likely N-dealkylation sites (N-methyl/N-ethyl adjacent to an activating group) is 1. The SMILES string of the molecule is CCOC(=O)C1C2CCC(C2)C1N(C)c1ccc(Oc2c(F)cnc(Oc3cc(C(=N)N)ccc3O)c2F)c(C2=NCCN2C)c1. The Morgan fingerprint density at radius 3 is 2.65 bits per heavy atom. The number of phenols is 1. The van der Waals surface area contributed by atoms with Gasteiger partial charge in [-0.25, -0.2) is 9.37 Å². The van der Waals surface area contributed by atoms with Crippen LogP contribution in [0, 0.1) is 34.8 Å². The third kappa shape index (κ3) is 5.65. The molecule has 0 amide bonds. The molecule has 3 aromatic rings. The highest BCUT2D eigenvalue weighted by atomic mass is 19.1. The molecule has 6 rings (SSSR count). The highest BCUT2D eigenvalue weighted by molar-refractivity contribution is 6.03. The van der Waals surface area contributed by atoms with Crippen LogP contribution in [0.4, 0.5) is 14.5 Å². The zero-order chi connectivity index (χ0) is 32.7. The normalized spacial score (nSPS) is 21.7. The number of phenolic OH excluding ortho intramolecular Hbond substituents is 1. The topological polar surface area (TPSA) is 147 Å². The number of aromatic nitrogens is 1. The lowest BCUT2D eigenvalue weighted by Crippen LogP contribution is -2.46. The third-order valence-corrected chi connectivity index (χ3v) is 9.14. The van der Waals surface area contributed by atoms with Gasteiger partial charge in [-0.05, 0) is 74.4 Å². The summed E-state index contributed by atoms with van der Waals surface area (Å²) in [5.74, 6) is -3.62. The molecule has 4 unspecified atom stereocenters. The first-order chi connectivity index (χ1) is 22.1. The number of fused-ring (bicyclic) bond motifs is 2. The molecule has 4 N–H and O–H groups in total. The number of esters is 1. The number of rotatable bonds is 10. The summed E-state index contributed by atoms with van der Waals surface area (Å²) in [6, 6.07) is 9.12. The summed E-state index contributed by atoms with van der Waals surface area (Å²) >= 11 is 0. The van der Waals surface area contributed by atoms with E-state index in [4.69, 9.17) is 25.4 Å². The molecule has 2 aliphatic carbocycles. The summed E-state index contributed by atoms with van der Waals surface area (Å²) in [6.07, 6.45) is 3.78. The monoisotopic (exact) mass is 634 g/mol. The molecule has 1 aromatic heterocycles. The molecule has 2 heterocycles. The minimum atomic E-state index is -1.24. The van der Waals surface area contributed by atoms with E-state index in [1.54, 1.807) is 12.1 Å². The number of hydrogen-bond donors (Lipinski definition) is 3. The number of nitrogens with one attached hydrogen (secondary N) is 1. The Hall–Kier alpha value is -4.94. The number of carbonyl (C=O) groups excluding carboxylic acids is 1. The van der Waals surface area contributed by atoms with Gasteiger partial charge in [0, 0.05) is 37.9 Å². The Labute approximate surface area is 265 Å². The van der Waals surface area contributed by atoms with Crippen molar-refractivity contribution in [2.75, 3.05) is 38.7 Å². The van der Waals surface area contributed by atoms with E-state index < -0.39 is 23.3 Å². The van der Waals surface area contributed by atoms with Crippen molar-refractivity contribution < 1.29 is 32.9 Å². The summed E-state index contributed by atoms with van der Waals surface area (Å²) < 4.78 is 47.7. The number of benzene rings is 2. The number of nitrogens with two attached hydrogens (primary N) is 1. The summed E-state index contributed by atoms with van der Waals surface area (Å²) in [4.78, 5) is 25.4. The molecule has 11 nitrogen and oxygen atoms in total. The number of nitrogens with zero attached hydrogens (tertiary/aromatic N) is 4. The maximum absolute atomic E-state index is 15.8. The lowest BCUT2D eigenvalue weighted by atomic mass is 9.83. The van der Waals surface area contributed by atoms with Gasteiger partial charge in [-0.15, -0.1) is 0 Å². The lowest BCUT2D eigenvalue weighted by molar-refractivity contribution is -0.150. The van der Waals surface area contributed by atoms with Crippen molar-refractivity contribution in [2.45, 2.75) is 32.2 Å². The standard InChI is InChI=1S/C33H36F2N6O5/c1-4-44-33(43)26-17-5-6-18(13-17)28(26)41(3)20-8-10-24(21(15-20)31-38-11-12-40(31)2)45-29-22(34)16-39-32(27(29)35)46-25-14-19(30(36)37)7-9-23(25)42/h7-10,14-18,26,28,42H,4-6,11-13H2,1-3H3,(H3,36,37). The second kappa shape index (κ2) is 12.5. The van der Waals surface area contributed by atoms with Gasteiger partial charge in [0.25, 0.3) is 5.88 Å². The molecule has 2 saturated carbocycles. The summed E-state index contributed by atoms with van der Waals surface area (Å²) in [5, 5.41) is 17.8. The van der Waals surface area contributed by atoms with Crippen LogP contribution in [-0.2, 0) is 9.53 Å². The van der Waals surface area contributed by atoms with Gasteiger partial charge >= 0.3 is 5.97 Å². The van der Waals surface area contributed by atoms with Crippen LogP contribution in [0.2, 0.25) is 0 Å². The fourth-order valence-corrected chi connectivity index (χ4v) is 6.96. The van der Waals surface area contributed by atoms with Crippen LogP contribution in [0.3, 0.4) is 0 Å². The zero-order valence-corrected chi connectivity index (χ0v) is 25.8. The largest absolute Gasteiger partial charge is 0.504 e. The van der Waals surface area contributed by atoms with E-state index in [1.807, 2.05) is 32.0 Å². The number of hydrogen-bond acceptors (Lipinski definition) is 10. The average molecular weight is 635 g/mol. The van der Waals surface area contributed by atoms with Crippen molar-refractivity contribution in [3.63, 3.8) is 0 Å². The summed E-state index contributed by atoms with van der Waals surface area (Å²) in [6.45, 7) is 3.34. The van der Waals surface area contributed by atoms with E-state index in [0.29, 0.717) is 37.0 Å². The van der Waals surface area contributed by atoms with E-state index >= 15 is 8.78 Å². The van der Waals surface area contributed by atoms with Gasteiger partial charge in [0.2, 0.25) is 11.6 Å². The highest BCUT2D eigenvalue weighted by Crippen LogP contribution is 2.51. The summed E-state index contributed by atoms with van der Waals surface area (Å²) in [5.41, 5.74) is 7.07. The number of aromatic hydroxyl groups is 1. The first-order valence-corrected chi connectivity index (χ1v) is 15.2. The van der Waals surface area contributed by atoms with E-state index in [1.165, 1.54) is 18.2 Å². The van der Waals surface area contributed by atoms with Crippen LogP contribution < -0.4 is 20.1 Å². The molecule has 1 aliphatic heterocycles. The Balaban J connectivity index is 1.34. The Bertz CT molecular complexity index is 1720. The van der Waals surface area contributed by atoms with Crippen molar-refractivity contribution in [2.24, 2.45) is 28.5 Å². The van der Waals surface area contributed by atoms with E-state index in [-0.39, 0.29) is 52.5 Å². The molecule has 242 valence electrons. The van der Waals surface area contributed by atoms with Crippen molar-refractivity contribution in [1.29, 1.82) is 5.41 Å². The quantitative estimate of drug-likeness (QED) is 0.159. The number of anilines is 1. The molecule has 2 bridgehead atoms. The Morgan fingerprint density at radius 1 is 1.15 bits per heavy atom. The van der Waals surface area contributed by atoms with Crippen LogP contribution in [0.1, 0.15) is 37.3 Å². The van der Waals surface area contributed by atoms with Crippen LogP contribution in [0.25, 0.3) is 0 Å². The fraction of sp³-hybridized carbons (Fsp3) is 0.394. The van der Waals surface area contributed by atoms with Gasteiger partial charge in [-0.3, -0.25) is 15.2 Å². The van der Waals surface area contributed by atoms with Crippen molar-refractivity contribution in [3.05, 3.63) is 65.4 Å². The lowest BCUT2D eigenvalue weighted by Gasteiger charge is -2.38. The second-order valence-electron chi connectivity index (χ2n) is 11.9. The molecular formula is C33H36F2N6O5. The molecule has 3 aliphatic rings. The first kappa shape index (κ1) is 31.1. The van der Waals surface area contributed by atoms with Gasteiger partial charge in [-0.1, -0.05) is 0 Å². The zero-order valence-electron chi connectivity index (χ0n) is 25.8. The molecule has 0 spiro atoms. The number of aliphatic imine (C=N–C) groups is 1. The van der Waals surface area contributed by atoms with Gasteiger partial charge in [0.05, 0.1) is 30.8 Å². The number of nitrogen functional groups attached to an aromatic ring is 1. The number of halogens is 2. The Morgan fingerprint density at radius 2 is 1.93 bits per heavy atom. The number of pyridine rings is 1. The third-order valence-electron chi connectivity index (χ3n) is 9.14. The highest BCUT2D eigenvalue weighted by Gasteiger charge is 2.53. The maximum Gasteiger partial charge on any atom is 0.311 e. The molecule has 13 heteroatoms. The van der Waals surface area contributed by atoms with Crippen LogP contribution in [0.15, 0.2) is 47.6 Å². The Kier molecular flexibility index (Phi) is 8.41. The van der Waals surface area contributed by atoms with Gasteiger partial charge in [0.15, 0.2) is 17.3 Å². The predicted octanol–water partition coefficient (Wildman–Crippen LogP) is 5.04. The smallest absolute Gasteiger partial charge is 0.311 e.